The Morgan fingerprint density at radius 2 is 1.88 bits per heavy atom. The molecule has 0 amide bonds. The maximum atomic E-state index is 13.3. The van der Waals surface area contributed by atoms with Gasteiger partial charge in [-0.05, 0) is 50.7 Å². The van der Waals surface area contributed by atoms with Crippen molar-refractivity contribution in [3.63, 3.8) is 0 Å². The van der Waals surface area contributed by atoms with E-state index in [2.05, 4.69) is 11.9 Å². The van der Waals surface area contributed by atoms with Gasteiger partial charge in [-0.25, -0.2) is 8.78 Å². The van der Waals surface area contributed by atoms with E-state index in [0.717, 1.165) is 31.5 Å². The molecule has 0 saturated carbocycles. The summed E-state index contributed by atoms with van der Waals surface area (Å²) in [6.45, 7) is 2.36. The van der Waals surface area contributed by atoms with Crippen molar-refractivity contribution in [3.8, 4) is 0 Å². The van der Waals surface area contributed by atoms with Gasteiger partial charge < -0.3 is 10.6 Å². The van der Waals surface area contributed by atoms with Crippen molar-refractivity contribution in [1.82, 2.24) is 4.90 Å². The summed E-state index contributed by atoms with van der Waals surface area (Å²) in [6.07, 6.45) is 1.79. The molecule has 0 aliphatic carbocycles. The molecule has 4 heteroatoms. The minimum atomic E-state index is -0.797. The summed E-state index contributed by atoms with van der Waals surface area (Å²) >= 11 is 0. The van der Waals surface area contributed by atoms with Crippen LogP contribution in [0.25, 0.3) is 0 Å². The zero-order valence-corrected chi connectivity index (χ0v) is 10.0. The smallest absolute Gasteiger partial charge is 0.159 e. The van der Waals surface area contributed by atoms with Gasteiger partial charge in [0, 0.05) is 12.0 Å². The van der Waals surface area contributed by atoms with E-state index in [9.17, 15) is 8.78 Å². The molecule has 1 heterocycles. The molecule has 1 fully saturated rings. The third-order valence-corrected chi connectivity index (χ3v) is 3.87. The van der Waals surface area contributed by atoms with Crippen LogP contribution >= 0.6 is 0 Å². The molecule has 1 aliphatic heterocycles. The van der Waals surface area contributed by atoms with E-state index in [-0.39, 0.29) is 5.41 Å². The summed E-state index contributed by atoms with van der Waals surface area (Å²) in [6, 6.07) is 4.16. The quantitative estimate of drug-likeness (QED) is 0.855. The van der Waals surface area contributed by atoms with Gasteiger partial charge in [-0.2, -0.15) is 0 Å². The fourth-order valence-corrected chi connectivity index (χ4v) is 2.48. The SMILES string of the molecule is CN1CCC(CN)(c2ccc(F)c(F)c2)CC1. The fourth-order valence-electron chi connectivity index (χ4n) is 2.48. The number of hydrogen-bond acceptors (Lipinski definition) is 2. The Morgan fingerprint density at radius 3 is 2.41 bits per heavy atom. The summed E-state index contributed by atoms with van der Waals surface area (Å²) in [5.74, 6) is -1.58. The maximum Gasteiger partial charge on any atom is 0.159 e. The molecular weight excluding hydrogens is 222 g/mol. The van der Waals surface area contributed by atoms with Crippen molar-refractivity contribution < 1.29 is 8.78 Å². The number of likely N-dealkylation sites (tertiary alicyclic amines) is 1. The molecular formula is C13H18F2N2. The number of piperidine rings is 1. The lowest BCUT2D eigenvalue weighted by Crippen LogP contribution is -2.45. The summed E-state index contributed by atoms with van der Waals surface area (Å²) in [5.41, 5.74) is 6.50. The largest absolute Gasteiger partial charge is 0.330 e. The van der Waals surface area contributed by atoms with Crippen LogP contribution in [0.15, 0.2) is 18.2 Å². The molecule has 0 radical (unpaired) electrons. The topological polar surface area (TPSA) is 29.3 Å². The summed E-state index contributed by atoms with van der Waals surface area (Å²) in [4.78, 5) is 2.23. The van der Waals surface area contributed by atoms with Crippen molar-refractivity contribution in [1.29, 1.82) is 0 Å². The Morgan fingerprint density at radius 1 is 1.24 bits per heavy atom. The van der Waals surface area contributed by atoms with E-state index < -0.39 is 11.6 Å². The van der Waals surface area contributed by atoms with Crippen LogP contribution in [-0.2, 0) is 5.41 Å². The summed E-state index contributed by atoms with van der Waals surface area (Å²) in [5, 5.41) is 0. The van der Waals surface area contributed by atoms with Gasteiger partial charge >= 0.3 is 0 Å². The van der Waals surface area contributed by atoms with Crippen LogP contribution in [0.5, 0.6) is 0 Å². The van der Waals surface area contributed by atoms with E-state index in [0.29, 0.717) is 6.54 Å². The predicted octanol–water partition coefficient (Wildman–Crippen LogP) is 1.89. The summed E-state index contributed by atoms with van der Waals surface area (Å²) in [7, 11) is 2.06. The predicted molar refractivity (Wildman–Crippen MR) is 63.8 cm³/mol. The van der Waals surface area contributed by atoms with Crippen molar-refractivity contribution in [3.05, 3.63) is 35.4 Å². The third-order valence-electron chi connectivity index (χ3n) is 3.87. The van der Waals surface area contributed by atoms with E-state index >= 15 is 0 Å². The Hall–Kier alpha value is -1.00. The van der Waals surface area contributed by atoms with Crippen LogP contribution in [0.1, 0.15) is 18.4 Å². The number of halogens is 2. The van der Waals surface area contributed by atoms with Crippen LogP contribution in [0.2, 0.25) is 0 Å². The molecule has 2 nitrogen and oxygen atoms in total. The minimum Gasteiger partial charge on any atom is -0.330 e. The Balaban J connectivity index is 2.31. The van der Waals surface area contributed by atoms with Crippen molar-refractivity contribution in [2.24, 2.45) is 5.73 Å². The monoisotopic (exact) mass is 240 g/mol. The highest BCUT2D eigenvalue weighted by atomic mass is 19.2. The van der Waals surface area contributed by atoms with Gasteiger partial charge in [0.1, 0.15) is 0 Å². The molecule has 0 bridgehead atoms. The van der Waals surface area contributed by atoms with Crippen LogP contribution in [0.3, 0.4) is 0 Å². The fraction of sp³-hybridized carbons (Fsp3) is 0.538. The molecule has 2 rings (SSSR count). The standard InChI is InChI=1S/C13H18F2N2/c1-17-6-4-13(9-16,5-7-17)10-2-3-11(14)12(15)8-10/h2-3,8H,4-7,9,16H2,1H3. The highest BCUT2D eigenvalue weighted by Gasteiger charge is 2.34. The van der Waals surface area contributed by atoms with Gasteiger partial charge in [0.2, 0.25) is 0 Å². The van der Waals surface area contributed by atoms with Gasteiger partial charge in [-0.15, -0.1) is 0 Å². The Labute approximate surface area is 100 Å². The van der Waals surface area contributed by atoms with E-state index in [1.54, 1.807) is 6.07 Å². The molecule has 0 aromatic heterocycles. The molecule has 1 saturated heterocycles. The van der Waals surface area contributed by atoms with Crippen LogP contribution < -0.4 is 5.73 Å². The van der Waals surface area contributed by atoms with Gasteiger partial charge in [0.25, 0.3) is 0 Å². The van der Waals surface area contributed by atoms with E-state index in [4.69, 9.17) is 5.73 Å². The van der Waals surface area contributed by atoms with Crippen LogP contribution in [0, 0.1) is 11.6 Å². The second kappa shape index (κ2) is 4.70. The zero-order chi connectivity index (χ0) is 12.5. The van der Waals surface area contributed by atoms with Gasteiger partial charge in [-0.1, -0.05) is 6.07 Å². The minimum absolute atomic E-state index is 0.193. The van der Waals surface area contributed by atoms with Crippen molar-refractivity contribution in [2.75, 3.05) is 26.7 Å². The lowest BCUT2D eigenvalue weighted by molar-refractivity contribution is 0.191. The first kappa shape index (κ1) is 12.5. The third kappa shape index (κ3) is 2.33. The lowest BCUT2D eigenvalue weighted by atomic mass is 9.73. The second-order valence-electron chi connectivity index (χ2n) is 4.92. The highest BCUT2D eigenvalue weighted by molar-refractivity contribution is 5.28. The molecule has 0 atom stereocenters. The number of nitrogens with two attached hydrogens (primary N) is 1. The van der Waals surface area contributed by atoms with Gasteiger partial charge in [-0.3, -0.25) is 0 Å². The molecule has 2 N–H and O–H groups in total. The molecule has 1 aromatic carbocycles. The molecule has 0 spiro atoms. The van der Waals surface area contributed by atoms with Crippen molar-refractivity contribution in [2.45, 2.75) is 18.3 Å². The average Bonchev–Trinajstić information content (AvgIpc) is 2.34. The average molecular weight is 240 g/mol. The van der Waals surface area contributed by atoms with Gasteiger partial charge in [0.05, 0.1) is 0 Å². The summed E-state index contributed by atoms with van der Waals surface area (Å²) < 4.78 is 26.2. The van der Waals surface area contributed by atoms with Crippen LogP contribution in [-0.4, -0.2) is 31.6 Å². The highest BCUT2D eigenvalue weighted by Crippen LogP contribution is 2.34. The Bertz CT molecular complexity index is 398. The van der Waals surface area contributed by atoms with Crippen molar-refractivity contribution >= 4 is 0 Å². The van der Waals surface area contributed by atoms with Gasteiger partial charge in [0.15, 0.2) is 11.6 Å². The molecule has 1 aliphatic rings. The first-order valence-corrected chi connectivity index (χ1v) is 5.91. The normalized spacial score (nSPS) is 20.5. The maximum absolute atomic E-state index is 13.3. The Kier molecular flexibility index (Phi) is 3.45. The van der Waals surface area contributed by atoms with E-state index in [1.807, 2.05) is 0 Å². The molecule has 94 valence electrons. The number of hydrogen-bond donors (Lipinski definition) is 1. The lowest BCUT2D eigenvalue weighted by Gasteiger charge is -2.40. The van der Waals surface area contributed by atoms with Crippen LogP contribution in [0.4, 0.5) is 8.78 Å². The first-order chi connectivity index (χ1) is 8.07. The second-order valence-corrected chi connectivity index (χ2v) is 4.92. The molecule has 1 aromatic rings. The molecule has 0 unspecified atom stereocenters. The van der Waals surface area contributed by atoms with E-state index in [1.165, 1.54) is 12.1 Å². The first-order valence-electron chi connectivity index (χ1n) is 5.91. The zero-order valence-electron chi connectivity index (χ0n) is 10.0. The number of benzene rings is 1. The number of rotatable bonds is 2. The number of nitrogens with zero attached hydrogens (tertiary/aromatic N) is 1. The molecule has 17 heavy (non-hydrogen) atoms.